The molecule has 3 amide bonds. The fourth-order valence-electron chi connectivity index (χ4n) is 2.74. The van der Waals surface area contributed by atoms with Crippen molar-refractivity contribution in [1.82, 2.24) is 10.2 Å². The zero-order valence-corrected chi connectivity index (χ0v) is 10.8. The van der Waals surface area contributed by atoms with Gasteiger partial charge in [-0.25, -0.2) is 4.79 Å². The van der Waals surface area contributed by atoms with Crippen molar-refractivity contribution in [2.75, 3.05) is 13.2 Å². The average Bonchev–Trinajstić information content (AvgIpc) is 2.69. The number of urea groups is 1. The smallest absolute Gasteiger partial charge is 0.325 e. The maximum Gasteiger partial charge on any atom is 0.325 e. The third kappa shape index (κ3) is 1.63. The van der Waals surface area contributed by atoms with Crippen molar-refractivity contribution in [3.63, 3.8) is 0 Å². The van der Waals surface area contributed by atoms with Crippen molar-refractivity contribution < 1.29 is 14.3 Å². The van der Waals surface area contributed by atoms with E-state index in [0.29, 0.717) is 24.3 Å². The van der Waals surface area contributed by atoms with Gasteiger partial charge in [-0.05, 0) is 6.07 Å². The molecule has 0 saturated carbocycles. The summed E-state index contributed by atoms with van der Waals surface area (Å²) in [5.41, 5.74) is -0.356. The Morgan fingerprint density at radius 2 is 2.20 bits per heavy atom. The molecule has 1 fully saturated rings. The Morgan fingerprint density at radius 3 is 3.00 bits per heavy atom. The molecule has 0 radical (unpaired) electrons. The molecule has 102 valence electrons. The summed E-state index contributed by atoms with van der Waals surface area (Å²) >= 11 is 0. The number of rotatable bonds is 2. The fraction of sp³-hybridized carbons (Fsp3) is 0.357. The van der Waals surface area contributed by atoms with E-state index in [4.69, 9.17) is 10.00 Å². The number of ether oxygens (including phenoxy) is 1. The van der Waals surface area contributed by atoms with Gasteiger partial charge in [0, 0.05) is 18.5 Å². The highest BCUT2D eigenvalue weighted by Gasteiger charge is 2.54. The molecular weight excluding hydrogens is 258 g/mol. The van der Waals surface area contributed by atoms with E-state index in [2.05, 4.69) is 5.32 Å². The monoisotopic (exact) mass is 271 g/mol. The first kappa shape index (κ1) is 12.5. The maximum absolute atomic E-state index is 12.6. The standard InChI is InChI=1S/C14H13N3O3/c15-7-3-8-17-12(18)14(16-13(17)19)6-9-20-11-5-2-1-4-10(11)14/h1-2,4-5H,3,6,8-9H2,(H,16,19). The van der Waals surface area contributed by atoms with Gasteiger partial charge >= 0.3 is 6.03 Å². The Morgan fingerprint density at radius 1 is 1.40 bits per heavy atom. The normalized spacial score (nSPS) is 24.1. The number of carbonyl (C=O) groups excluding carboxylic acids is 2. The number of carbonyl (C=O) groups is 2. The Bertz CT molecular complexity index is 622. The SMILES string of the molecule is N#CCCN1C(=O)NC2(CCOc3ccccc32)C1=O. The van der Waals surface area contributed by atoms with Crippen LogP contribution in [0.15, 0.2) is 24.3 Å². The summed E-state index contributed by atoms with van der Waals surface area (Å²) in [6, 6.07) is 8.72. The van der Waals surface area contributed by atoms with Gasteiger partial charge in [-0.1, -0.05) is 18.2 Å². The van der Waals surface area contributed by atoms with Crippen molar-refractivity contribution >= 4 is 11.9 Å². The Labute approximate surface area is 115 Å². The highest BCUT2D eigenvalue weighted by atomic mass is 16.5. The zero-order valence-electron chi connectivity index (χ0n) is 10.8. The molecular formula is C14H13N3O3. The molecule has 1 unspecified atom stereocenters. The number of hydrogen-bond acceptors (Lipinski definition) is 4. The van der Waals surface area contributed by atoms with E-state index in [1.54, 1.807) is 12.1 Å². The fourth-order valence-corrected chi connectivity index (χ4v) is 2.74. The number of hydrogen-bond donors (Lipinski definition) is 1. The van der Waals surface area contributed by atoms with Crippen molar-refractivity contribution in [3.05, 3.63) is 29.8 Å². The minimum Gasteiger partial charge on any atom is -0.493 e. The number of nitrogens with zero attached hydrogens (tertiary/aromatic N) is 2. The quantitative estimate of drug-likeness (QED) is 0.817. The first-order valence-electron chi connectivity index (χ1n) is 6.42. The van der Waals surface area contributed by atoms with Gasteiger partial charge in [0.05, 0.1) is 19.1 Å². The third-order valence-corrected chi connectivity index (χ3v) is 3.70. The second-order valence-electron chi connectivity index (χ2n) is 4.80. The van der Waals surface area contributed by atoms with Crippen molar-refractivity contribution in [2.24, 2.45) is 0 Å². The zero-order chi connectivity index (χ0) is 14.2. The molecule has 1 atom stereocenters. The molecule has 2 heterocycles. The molecule has 2 aliphatic heterocycles. The molecule has 1 saturated heterocycles. The van der Waals surface area contributed by atoms with Gasteiger partial charge < -0.3 is 10.1 Å². The van der Waals surface area contributed by atoms with E-state index in [1.165, 1.54) is 0 Å². The second-order valence-corrected chi connectivity index (χ2v) is 4.80. The lowest BCUT2D eigenvalue weighted by atomic mass is 9.84. The number of nitriles is 1. The first-order chi connectivity index (χ1) is 9.69. The van der Waals surface area contributed by atoms with E-state index in [0.717, 1.165) is 4.90 Å². The van der Waals surface area contributed by atoms with Crippen LogP contribution >= 0.6 is 0 Å². The summed E-state index contributed by atoms with van der Waals surface area (Å²) in [4.78, 5) is 25.8. The number of para-hydroxylation sites is 1. The molecule has 20 heavy (non-hydrogen) atoms. The van der Waals surface area contributed by atoms with Crippen LogP contribution in [-0.2, 0) is 10.3 Å². The number of nitrogens with one attached hydrogen (secondary N) is 1. The molecule has 1 aromatic rings. The van der Waals surface area contributed by atoms with Crippen molar-refractivity contribution in [2.45, 2.75) is 18.4 Å². The molecule has 2 aliphatic rings. The Balaban J connectivity index is 2.01. The minimum atomic E-state index is -1.04. The minimum absolute atomic E-state index is 0.117. The predicted molar refractivity (Wildman–Crippen MR) is 68.7 cm³/mol. The summed E-state index contributed by atoms with van der Waals surface area (Å²) in [5, 5.41) is 11.4. The molecule has 6 heteroatoms. The lowest BCUT2D eigenvalue weighted by Gasteiger charge is -2.33. The van der Waals surface area contributed by atoms with Crippen LogP contribution in [0.1, 0.15) is 18.4 Å². The van der Waals surface area contributed by atoms with Gasteiger partial charge in [-0.15, -0.1) is 0 Å². The molecule has 3 rings (SSSR count). The van der Waals surface area contributed by atoms with Gasteiger partial charge in [-0.2, -0.15) is 5.26 Å². The van der Waals surface area contributed by atoms with Crippen LogP contribution in [0.4, 0.5) is 4.79 Å². The lowest BCUT2D eigenvalue weighted by Crippen LogP contribution is -2.47. The van der Waals surface area contributed by atoms with Crippen LogP contribution in [0.3, 0.4) is 0 Å². The Hall–Kier alpha value is -2.55. The molecule has 0 aromatic heterocycles. The number of fused-ring (bicyclic) bond motifs is 2. The van der Waals surface area contributed by atoms with Crippen molar-refractivity contribution in [1.29, 1.82) is 5.26 Å². The summed E-state index contributed by atoms with van der Waals surface area (Å²) in [7, 11) is 0. The molecule has 1 N–H and O–H groups in total. The van der Waals surface area contributed by atoms with E-state index in [9.17, 15) is 9.59 Å². The Kier molecular flexibility index (Phi) is 2.83. The average molecular weight is 271 g/mol. The number of amides is 3. The van der Waals surface area contributed by atoms with Gasteiger partial charge in [0.15, 0.2) is 5.54 Å². The van der Waals surface area contributed by atoms with E-state index in [1.807, 2.05) is 18.2 Å². The highest BCUT2D eigenvalue weighted by Crippen LogP contribution is 2.40. The van der Waals surface area contributed by atoms with Crippen LogP contribution in [0, 0.1) is 11.3 Å². The van der Waals surface area contributed by atoms with Gasteiger partial charge in [0.1, 0.15) is 5.75 Å². The predicted octanol–water partition coefficient (Wildman–Crippen LogP) is 1.13. The van der Waals surface area contributed by atoms with E-state index in [-0.39, 0.29) is 18.9 Å². The number of imide groups is 1. The number of benzene rings is 1. The summed E-state index contributed by atoms with van der Waals surface area (Å²) in [6.07, 6.45) is 0.533. The summed E-state index contributed by atoms with van der Waals surface area (Å²) < 4.78 is 5.54. The van der Waals surface area contributed by atoms with E-state index >= 15 is 0 Å². The maximum atomic E-state index is 12.6. The molecule has 1 spiro atoms. The summed E-state index contributed by atoms with van der Waals surface area (Å²) in [5.74, 6) is 0.322. The molecule has 0 aliphatic carbocycles. The van der Waals surface area contributed by atoms with Crippen molar-refractivity contribution in [3.8, 4) is 11.8 Å². The third-order valence-electron chi connectivity index (χ3n) is 3.70. The van der Waals surface area contributed by atoms with Crippen LogP contribution in [0.2, 0.25) is 0 Å². The van der Waals surface area contributed by atoms with E-state index < -0.39 is 11.6 Å². The van der Waals surface area contributed by atoms with Gasteiger partial charge in [-0.3, -0.25) is 9.69 Å². The summed E-state index contributed by atoms with van der Waals surface area (Å²) in [6.45, 7) is 0.487. The van der Waals surface area contributed by atoms with Gasteiger partial charge in [0.25, 0.3) is 5.91 Å². The molecule has 0 bridgehead atoms. The largest absolute Gasteiger partial charge is 0.493 e. The topological polar surface area (TPSA) is 82.4 Å². The second kappa shape index (κ2) is 4.53. The molecule has 6 nitrogen and oxygen atoms in total. The highest BCUT2D eigenvalue weighted by molar-refractivity contribution is 6.07. The van der Waals surface area contributed by atoms with Crippen LogP contribution < -0.4 is 10.1 Å². The van der Waals surface area contributed by atoms with Crippen LogP contribution in [0.5, 0.6) is 5.75 Å². The molecule has 1 aromatic carbocycles. The van der Waals surface area contributed by atoms with Gasteiger partial charge in [0.2, 0.25) is 0 Å². The lowest BCUT2D eigenvalue weighted by molar-refractivity contribution is -0.132. The van der Waals surface area contributed by atoms with Crippen LogP contribution in [-0.4, -0.2) is 30.0 Å². The first-order valence-corrected chi connectivity index (χ1v) is 6.42. The van der Waals surface area contributed by atoms with Crippen LogP contribution in [0.25, 0.3) is 0 Å².